The molecule has 0 fully saturated rings. The van der Waals surface area contributed by atoms with Gasteiger partial charge in [0.15, 0.2) is 0 Å². The second-order valence-corrected chi connectivity index (χ2v) is 5.81. The summed E-state index contributed by atoms with van der Waals surface area (Å²) in [5.41, 5.74) is 5.78. The Morgan fingerprint density at radius 3 is 2.19 bits per heavy atom. The summed E-state index contributed by atoms with van der Waals surface area (Å²) in [7, 11) is 0. The minimum absolute atomic E-state index is 0. The van der Waals surface area contributed by atoms with Gasteiger partial charge in [-0.15, -0.1) is 25.6 Å². The predicted octanol–water partition coefficient (Wildman–Crippen LogP) is 3.80. The van der Waals surface area contributed by atoms with Gasteiger partial charge in [0.05, 0.1) is 6.10 Å². The minimum atomic E-state index is -4.79. The van der Waals surface area contributed by atoms with Crippen LogP contribution in [-0.2, 0) is 0 Å². The zero-order chi connectivity index (χ0) is 15.6. The molecule has 0 aliphatic heterocycles. The van der Waals surface area contributed by atoms with Gasteiger partial charge in [-0.25, -0.2) is 0 Å². The summed E-state index contributed by atoms with van der Waals surface area (Å²) in [5.74, 6) is -0.395. The third kappa shape index (κ3) is 6.54. The third-order valence-corrected chi connectivity index (χ3v) is 3.09. The average Bonchev–Trinajstić information content (AvgIpc) is 2.25. The van der Waals surface area contributed by atoms with Crippen LogP contribution in [0.2, 0.25) is 0 Å². The Labute approximate surface area is 128 Å². The average molecular weight is 328 g/mol. The summed E-state index contributed by atoms with van der Waals surface area (Å²) >= 11 is 0. The lowest BCUT2D eigenvalue weighted by Crippen LogP contribution is -2.36. The molecule has 21 heavy (non-hydrogen) atoms. The Bertz CT molecular complexity index is 447. The summed E-state index contributed by atoms with van der Waals surface area (Å²) in [6.07, 6.45) is -5.74. The second kappa shape index (κ2) is 7.33. The maximum absolute atomic E-state index is 12.3. The Balaban J connectivity index is 0.00000400. The number of aliphatic hydroxyl groups excluding tert-OH is 1. The highest BCUT2D eigenvalue weighted by Crippen LogP contribution is 2.34. The quantitative estimate of drug-likeness (QED) is 0.884. The van der Waals surface area contributed by atoms with E-state index in [1.807, 2.05) is 20.8 Å². The molecule has 1 aromatic rings. The summed E-state index contributed by atoms with van der Waals surface area (Å²) in [4.78, 5) is 0. The van der Waals surface area contributed by atoms with Crippen molar-refractivity contribution >= 4 is 12.4 Å². The van der Waals surface area contributed by atoms with Crippen LogP contribution >= 0.6 is 12.4 Å². The first-order valence-corrected chi connectivity index (χ1v) is 6.29. The third-order valence-electron chi connectivity index (χ3n) is 3.09. The Hall–Kier alpha value is -0.980. The monoisotopic (exact) mass is 327 g/mol. The van der Waals surface area contributed by atoms with Gasteiger partial charge in [-0.3, -0.25) is 0 Å². The van der Waals surface area contributed by atoms with Crippen LogP contribution in [-0.4, -0.2) is 17.5 Å². The highest BCUT2D eigenvalue weighted by molar-refractivity contribution is 5.85. The summed E-state index contributed by atoms with van der Waals surface area (Å²) in [5, 5.41) is 10.1. The van der Waals surface area contributed by atoms with Crippen LogP contribution in [0.25, 0.3) is 0 Å². The van der Waals surface area contributed by atoms with Crippen LogP contribution in [0.3, 0.4) is 0 Å². The number of para-hydroxylation sites is 1. The standard InChI is InChI=1S/C14H20F3NO2.ClH/c1-13(2,3)12(18)8-10(19)9-6-4-5-7-11(9)20-14(15,16)17;/h4-7,10,12,19H,8,18H2,1-3H3;1H/t10-,12+;/m1./s1. The van der Waals surface area contributed by atoms with E-state index in [-0.39, 0.29) is 35.8 Å². The fourth-order valence-electron chi connectivity index (χ4n) is 1.69. The molecule has 0 spiro atoms. The maximum atomic E-state index is 12.3. The van der Waals surface area contributed by atoms with Crippen LogP contribution in [0.4, 0.5) is 13.2 Å². The van der Waals surface area contributed by atoms with Crippen molar-refractivity contribution in [2.45, 2.75) is 45.7 Å². The van der Waals surface area contributed by atoms with Gasteiger partial charge >= 0.3 is 6.36 Å². The number of nitrogens with two attached hydrogens (primary N) is 1. The molecule has 2 atom stereocenters. The molecule has 122 valence electrons. The number of hydrogen-bond acceptors (Lipinski definition) is 3. The Morgan fingerprint density at radius 1 is 1.19 bits per heavy atom. The van der Waals surface area contributed by atoms with Gasteiger partial charge in [-0.2, -0.15) is 0 Å². The molecular formula is C14H21ClF3NO2. The smallest absolute Gasteiger partial charge is 0.405 e. The summed E-state index contributed by atoms with van der Waals surface area (Å²) < 4.78 is 40.8. The lowest BCUT2D eigenvalue weighted by Gasteiger charge is -2.29. The summed E-state index contributed by atoms with van der Waals surface area (Å²) in [6.45, 7) is 5.72. The van der Waals surface area contributed by atoms with E-state index in [9.17, 15) is 18.3 Å². The number of hydrogen-bond donors (Lipinski definition) is 2. The largest absolute Gasteiger partial charge is 0.573 e. The molecule has 0 aliphatic carbocycles. The van der Waals surface area contributed by atoms with Gasteiger partial charge in [-0.05, 0) is 17.9 Å². The van der Waals surface area contributed by atoms with Gasteiger partial charge in [0.25, 0.3) is 0 Å². The van der Waals surface area contributed by atoms with Crippen molar-refractivity contribution in [3.63, 3.8) is 0 Å². The Morgan fingerprint density at radius 2 is 1.71 bits per heavy atom. The fraction of sp³-hybridized carbons (Fsp3) is 0.571. The lowest BCUT2D eigenvalue weighted by molar-refractivity contribution is -0.275. The molecule has 0 aliphatic rings. The van der Waals surface area contributed by atoms with E-state index in [4.69, 9.17) is 5.73 Å². The van der Waals surface area contributed by atoms with Crippen LogP contribution in [0.15, 0.2) is 24.3 Å². The van der Waals surface area contributed by atoms with Crippen molar-refractivity contribution in [3.05, 3.63) is 29.8 Å². The van der Waals surface area contributed by atoms with E-state index in [0.29, 0.717) is 0 Å². The number of alkyl halides is 3. The van der Waals surface area contributed by atoms with Gasteiger partial charge in [0, 0.05) is 11.6 Å². The normalized spacial score (nSPS) is 15.0. The molecule has 1 aromatic carbocycles. The van der Waals surface area contributed by atoms with Crippen LogP contribution in [0, 0.1) is 5.41 Å². The molecule has 0 amide bonds. The topological polar surface area (TPSA) is 55.5 Å². The number of rotatable bonds is 4. The van der Waals surface area contributed by atoms with E-state index in [1.54, 1.807) is 6.07 Å². The highest BCUT2D eigenvalue weighted by Gasteiger charge is 2.33. The van der Waals surface area contributed by atoms with Crippen molar-refractivity contribution in [1.29, 1.82) is 0 Å². The molecule has 0 radical (unpaired) electrons. The van der Waals surface area contributed by atoms with Gasteiger partial charge < -0.3 is 15.6 Å². The van der Waals surface area contributed by atoms with Crippen LogP contribution in [0.5, 0.6) is 5.75 Å². The first kappa shape index (κ1) is 20.0. The molecule has 1 rings (SSSR count). The minimum Gasteiger partial charge on any atom is -0.405 e. The summed E-state index contributed by atoms with van der Waals surface area (Å²) in [6, 6.07) is 5.19. The molecule has 3 N–H and O–H groups in total. The van der Waals surface area contributed by atoms with Crippen molar-refractivity contribution in [2.75, 3.05) is 0 Å². The van der Waals surface area contributed by atoms with Gasteiger partial charge in [0.1, 0.15) is 5.75 Å². The maximum Gasteiger partial charge on any atom is 0.573 e. The number of halogens is 4. The molecule has 3 nitrogen and oxygen atoms in total. The van der Waals surface area contributed by atoms with Crippen LogP contribution in [0.1, 0.15) is 38.9 Å². The van der Waals surface area contributed by atoms with Gasteiger partial charge in [-0.1, -0.05) is 39.0 Å². The number of aliphatic hydroxyl groups is 1. The van der Waals surface area contributed by atoms with Crippen LogP contribution < -0.4 is 10.5 Å². The fourth-order valence-corrected chi connectivity index (χ4v) is 1.69. The molecule has 0 bridgehead atoms. The van der Waals surface area contributed by atoms with Crippen molar-refractivity contribution in [3.8, 4) is 5.75 Å². The van der Waals surface area contributed by atoms with Crippen molar-refractivity contribution in [1.82, 2.24) is 0 Å². The number of benzene rings is 1. The van der Waals surface area contributed by atoms with E-state index < -0.39 is 18.2 Å². The molecule has 0 aromatic heterocycles. The molecule has 7 heteroatoms. The van der Waals surface area contributed by atoms with Gasteiger partial charge in [0.2, 0.25) is 0 Å². The predicted molar refractivity (Wildman–Crippen MR) is 77.4 cm³/mol. The number of ether oxygens (including phenoxy) is 1. The highest BCUT2D eigenvalue weighted by atomic mass is 35.5. The van der Waals surface area contributed by atoms with E-state index in [2.05, 4.69) is 4.74 Å². The zero-order valence-corrected chi connectivity index (χ0v) is 13.0. The second-order valence-electron chi connectivity index (χ2n) is 5.81. The molecule has 0 heterocycles. The molecular weight excluding hydrogens is 307 g/mol. The SMILES string of the molecule is CC(C)(C)[C@@H](N)C[C@@H](O)c1ccccc1OC(F)(F)F.Cl. The Kier molecular flexibility index (Phi) is 6.99. The molecule has 0 unspecified atom stereocenters. The molecule has 0 saturated carbocycles. The zero-order valence-electron chi connectivity index (χ0n) is 12.1. The van der Waals surface area contributed by atoms with E-state index in [1.165, 1.54) is 18.2 Å². The van der Waals surface area contributed by atoms with Crippen molar-refractivity contribution < 1.29 is 23.0 Å². The first-order chi connectivity index (χ1) is 9.00. The lowest BCUT2D eigenvalue weighted by atomic mass is 9.83. The van der Waals surface area contributed by atoms with E-state index >= 15 is 0 Å². The van der Waals surface area contributed by atoms with Crippen molar-refractivity contribution in [2.24, 2.45) is 11.1 Å². The first-order valence-electron chi connectivity index (χ1n) is 6.29. The van der Waals surface area contributed by atoms with E-state index in [0.717, 1.165) is 0 Å². The molecule has 0 saturated heterocycles.